The number of hydrogen-bond donors (Lipinski definition) is 1. The number of nitrogens with two attached hydrogens (primary N) is 1. The van der Waals surface area contributed by atoms with Gasteiger partial charge in [0.05, 0.1) is 11.8 Å². The fourth-order valence-electron chi connectivity index (χ4n) is 3.57. The van der Waals surface area contributed by atoms with Crippen LogP contribution in [-0.4, -0.2) is 41.1 Å². The van der Waals surface area contributed by atoms with Crippen molar-refractivity contribution >= 4 is 23.4 Å². The number of piperidine rings is 1. The SMILES string of the molecule is CC.CC(=O)OC(C)C.NC1CCN(Cc2ccc(Oc3nc4c(s3)CCC=C4)cc2)CC1. The second kappa shape index (κ2) is 14.1. The van der Waals surface area contributed by atoms with Gasteiger partial charge in [-0.1, -0.05) is 43.4 Å². The number of carbonyl (C=O) groups excluding carboxylic acids is 1. The number of nitrogens with zero attached hydrogens (tertiary/aromatic N) is 2. The number of allylic oxidation sites excluding steroid dienone is 1. The maximum Gasteiger partial charge on any atom is 0.302 e. The molecule has 1 saturated heterocycles. The van der Waals surface area contributed by atoms with Gasteiger partial charge in [0.25, 0.3) is 5.19 Å². The van der Waals surface area contributed by atoms with E-state index in [0.717, 1.165) is 62.0 Å². The molecule has 0 atom stereocenters. The Hall–Kier alpha value is -2.22. The number of likely N-dealkylation sites (tertiary alicyclic amines) is 1. The van der Waals surface area contributed by atoms with Crippen molar-refractivity contribution < 1.29 is 14.3 Å². The molecule has 2 heterocycles. The number of fused-ring (bicyclic) bond motifs is 1. The van der Waals surface area contributed by atoms with Crippen molar-refractivity contribution in [3.05, 3.63) is 46.5 Å². The number of thiazole rings is 1. The zero-order chi connectivity index (χ0) is 24.2. The Morgan fingerprint density at radius 3 is 2.42 bits per heavy atom. The number of carbonyl (C=O) groups is 1. The standard InChI is InChI=1S/C19H23N3OS.C5H10O2.C2H6/c20-15-9-11-22(12-10-15)13-14-5-7-16(8-6-14)23-19-21-17-3-1-2-4-18(17)24-19;1-4(2)7-5(3)6;1-2/h1,3,5-8,15H,2,4,9-13,20H2;4H,1-3H3;1-2H3. The summed E-state index contributed by atoms with van der Waals surface area (Å²) in [7, 11) is 0. The van der Waals surface area contributed by atoms with Crippen molar-refractivity contribution in [2.45, 2.75) is 79.0 Å². The minimum absolute atomic E-state index is 0.0255. The van der Waals surface area contributed by atoms with Crippen molar-refractivity contribution in [1.29, 1.82) is 0 Å². The summed E-state index contributed by atoms with van der Waals surface area (Å²) in [6, 6.07) is 8.77. The summed E-state index contributed by atoms with van der Waals surface area (Å²) < 4.78 is 10.5. The maximum absolute atomic E-state index is 10.0. The molecule has 6 nitrogen and oxygen atoms in total. The van der Waals surface area contributed by atoms with Gasteiger partial charge in [0.15, 0.2) is 0 Å². The minimum atomic E-state index is -0.213. The second-order valence-corrected chi connectivity index (χ2v) is 9.29. The highest BCUT2D eigenvalue weighted by Crippen LogP contribution is 2.33. The fraction of sp³-hybridized carbons (Fsp3) is 0.538. The lowest BCUT2D eigenvalue weighted by Gasteiger charge is -2.30. The molecule has 1 aliphatic heterocycles. The van der Waals surface area contributed by atoms with E-state index in [1.54, 1.807) is 11.3 Å². The third-order valence-corrected chi connectivity index (χ3v) is 6.10. The molecule has 0 amide bonds. The van der Waals surface area contributed by atoms with Gasteiger partial charge < -0.3 is 15.2 Å². The molecule has 1 aliphatic carbocycles. The molecular formula is C26H39N3O3S. The highest BCUT2D eigenvalue weighted by molar-refractivity contribution is 7.13. The van der Waals surface area contributed by atoms with E-state index >= 15 is 0 Å². The molecule has 0 spiro atoms. The van der Waals surface area contributed by atoms with Crippen LogP contribution in [0.3, 0.4) is 0 Å². The number of rotatable bonds is 5. The second-order valence-electron chi connectivity index (χ2n) is 8.25. The average molecular weight is 474 g/mol. The minimum Gasteiger partial charge on any atom is -0.463 e. The van der Waals surface area contributed by atoms with Crippen LogP contribution in [0.2, 0.25) is 0 Å². The van der Waals surface area contributed by atoms with E-state index in [1.165, 1.54) is 17.4 Å². The van der Waals surface area contributed by atoms with Crippen LogP contribution in [0.4, 0.5) is 0 Å². The van der Waals surface area contributed by atoms with E-state index in [9.17, 15) is 4.79 Å². The Bertz CT molecular complexity index is 869. The maximum atomic E-state index is 10.0. The van der Waals surface area contributed by atoms with Gasteiger partial charge in [0, 0.05) is 24.4 Å². The van der Waals surface area contributed by atoms with Gasteiger partial charge in [-0.15, -0.1) is 0 Å². The molecule has 182 valence electrons. The van der Waals surface area contributed by atoms with Crippen LogP contribution in [0.5, 0.6) is 10.9 Å². The van der Waals surface area contributed by atoms with Crippen molar-refractivity contribution in [3.8, 4) is 10.9 Å². The van der Waals surface area contributed by atoms with E-state index in [-0.39, 0.29) is 12.1 Å². The lowest BCUT2D eigenvalue weighted by atomic mass is 10.1. The lowest BCUT2D eigenvalue weighted by Crippen LogP contribution is -2.39. The zero-order valence-electron chi connectivity index (χ0n) is 20.7. The summed E-state index contributed by atoms with van der Waals surface area (Å²) in [4.78, 5) is 18.4. The number of esters is 1. The smallest absolute Gasteiger partial charge is 0.302 e. The van der Waals surface area contributed by atoms with Gasteiger partial charge in [-0.3, -0.25) is 9.69 Å². The number of ether oxygens (including phenoxy) is 2. The quantitative estimate of drug-likeness (QED) is 0.553. The molecule has 2 aliphatic rings. The summed E-state index contributed by atoms with van der Waals surface area (Å²) in [5, 5.41) is 0.740. The van der Waals surface area contributed by atoms with Crippen LogP contribution in [-0.2, 0) is 22.5 Å². The predicted octanol–water partition coefficient (Wildman–Crippen LogP) is 5.80. The average Bonchev–Trinajstić information content (AvgIpc) is 3.20. The Labute approximate surface area is 202 Å². The topological polar surface area (TPSA) is 77.7 Å². The molecule has 0 unspecified atom stereocenters. The summed E-state index contributed by atoms with van der Waals surface area (Å²) in [6.45, 7) is 12.2. The highest BCUT2D eigenvalue weighted by Gasteiger charge is 2.16. The molecule has 7 heteroatoms. The first kappa shape index (κ1) is 27.0. The monoisotopic (exact) mass is 473 g/mol. The molecular weight excluding hydrogens is 434 g/mol. The first-order valence-corrected chi connectivity index (χ1v) is 12.8. The zero-order valence-corrected chi connectivity index (χ0v) is 21.5. The molecule has 1 fully saturated rings. The van der Waals surface area contributed by atoms with E-state index < -0.39 is 0 Å². The molecule has 2 N–H and O–H groups in total. The Kier molecular flexibility index (Phi) is 11.6. The van der Waals surface area contributed by atoms with Crippen LogP contribution < -0.4 is 10.5 Å². The Morgan fingerprint density at radius 2 is 1.88 bits per heavy atom. The fourth-order valence-corrected chi connectivity index (χ4v) is 4.50. The highest BCUT2D eigenvalue weighted by atomic mass is 32.1. The Morgan fingerprint density at radius 1 is 1.21 bits per heavy atom. The molecule has 33 heavy (non-hydrogen) atoms. The first-order valence-electron chi connectivity index (χ1n) is 12.0. The first-order chi connectivity index (χ1) is 15.9. The van der Waals surface area contributed by atoms with Crippen LogP contribution in [0.1, 0.15) is 70.0 Å². The predicted molar refractivity (Wildman–Crippen MR) is 137 cm³/mol. The largest absolute Gasteiger partial charge is 0.463 e. The Balaban J connectivity index is 0.000000370. The van der Waals surface area contributed by atoms with Crippen molar-refractivity contribution in [2.24, 2.45) is 5.73 Å². The third-order valence-electron chi connectivity index (χ3n) is 5.09. The van der Waals surface area contributed by atoms with Gasteiger partial charge in [0.1, 0.15) is 5.75 Å². The molecule has 4 rings (SSSR count). The summed E-state index contributed by atoms with van der Waals surface area (Å²) in [6.07, 6.45) is 8.67. The lowest BCUT2D eigenvalue weighted by molar-refractivity contribution is -0.144. The molecule has 1 aromatic carbocycles. The van der Waals surface area contributed by atoms with Gasteiger partial charge in [-0.25, -0.2) is 4.98 Å². The summed E-state index contributed by atoms with van der Waals surface area (Å²) in [5.41, 5.74) is 8.36. The molecule has 0 bridgehead atoms. The van der Waals surface area contributed by atoms with Crippen LogP contribution in [0.15, 0.2) is 30.3 Å². The van der Waals surface area contributed by atoms with Crippen LogP contribution in [0, 0.1) is 0 Å². The van der Waals surface area contributed by atoms with Crippen LogP contribution >= 0.6 is 11.3 Å². The number of benzene rings is 1. The van der Waals surface area contributed by atoms with Gasteiger partial charge >= 0.3 is 5.97 Å². The van der Waals surface area contributed by atoms with Gasteiger partial charge in [0.2, 0.25) is 0 Å². The molecule has 1 aromatic heterocycles. The third kappa shape index (κ3) is 9.66. The van der Waals surface area contributed by atoms with Crippen molar-refractivity contribution in [1.82, 2.24) is 9.88 Å². The van der Waals surface area contributed by atoms with E-state index in [1.807, 2.05) is 39.8 Å². The molecule has 2 aromatic rings. The van der Waals surface area contributed by atoms with Gasteiger partial charge in [-0.05, 0) is 76.4 Å². The molecule has 0 saturated carbocycles. The van der Waals surface area contributed by atoms with Crippen molar-refractivity contribution in [2.75, 3.05) is 13.1 Å². The summed E-state index contributed by atoms with van der Waals surface area (Å²) in [5.74, 6) is 0.643. The number of aryl methyl sites for hydroxylation is 1. The number of aromatic nitrogens is 1. The van der Waals surface area contributed by atoms with E-state index in [2.05, 4.69) is 38.9 Å². The van der Waals surface area contributed by atoms with E-state index in [0.29, 0.717) is 6.04 Å². The normalized spacial score (nSPS) is 15.6. The van der Waals surface area contributed by atoms with Crippen LogP contribution in [0.25, 0.3) is 6.08 Å². The number of hydrogen-bond acceptors (Lipinski definition) is 7. The van der Waals surface area contributed by atoms with E-state index in [4.69, 9.17) is 10.5 Å². The van der Waals surface area contributed by atoms with Crippen molar-refractivity contribution in [3.63, 3.8) is 0 Å². The molecule has 0 radical (unpaired) electrons. The summed E-state index contributed by atoms with van der Waals surface area (Å²) >= 11 is 1.66. The van der Waals surface area contributed by atoms with Gasteiger partial charge in [-0.2, -0.15) is 0 Å².